The molecule has 2 heterocycles. The third-order valence-corrected chi connectivity index (χ3v) is 7.81. The number of hydrogen-bond donors (Lipinski definition) is 3. The lowest BCUT2D eigenvalue weighted by Crippen LogP contribution is -2.41. The Hall–Kier alpha value is -3.86. The van der Waals surface area contributed by atoms with Gasteiger partial charge < -0.3 is 21.1 Å². The number of amidine groups is 2. The van der Waals surface area contributed by atoms with E-state index < -0.39 is 15.9 Å². The van der Waals surface area contributed by atoms with Crippen molar-refractivity contribution in [3.8, 4) is 5.75 Å². The number of carbonyl (C=O) groups excluding carboxylic acids is 1. The number of nitrogens with zero attached hydrogens (tertiary/aromatic N) is 3. The molecule has 0 aliphatic carbocycles. The summed E-state index contributed by atoms with van der Waals surface area (Å²) in [5.41, 5.74) is 13.0. The number of rotatable bonds is 9. The van der Waals surface area contributed by atoms with E-state index in [4.69, 9.17) is 21.6 Å². The summed E-state index contributed by atoms with van der Waals surface area (Å²) in [7, 11) is -3.67. The number of benzene rings is 2. The van der Waals surface area contributed by atoms with E-state index in [9.17, 15) is 13.2 Å². The molecule has 0 aromatic heterocycles. The second-order valence-corrected chi connectivity index (χ2v) is 11.4. The SMILES string of the molecule is CS(=O)(=O)N(CC=Cc1cccc(C(=N)N)c1)c1ccc(OC2CCN(C3=NCCC3)CC2)c(C(N)=O)c1. The number of nitrogen functional groups attached to an aromatic ring is 1. The third-order valence-electron chi connectivity index (χ3n) is 6.65. The molecular weight excluding hydrogens is 504 g/mol. The van der Waals surface area contributed by atoms with Crippen LogP contribution < -0.4 is 20.5 Å². The van der Waals surface area contributed by atoms with Crippen LogP contribution in [0.5, 0.6) is 5.75 Å². The Labute approximate surface area is 223 Å². The third kappa shape index (κ3) is 6.71. The van der Waals surface area contributed by atoms with Crippen molar-refractivity contribution in [2.75, 3.05) is 36.7 Å². The van der Waals surface area contributed by atoms with Crippen LogP contribution in [0.15, 0.2) is 53.5 Å². The number of amides is 1. The molecule has 0 radical (unpaired) electrons. The Morgan fingerprint density at radius 1 is 1.21 bits per heavy atom. The summed E-state index contributed by atoms with van der Waals surface area (Å²) in [5, 5.41) is 7.58. The highest BCUT2D eigenvalue weighted by atomic mass is 32.2. The Morgan fingerprint density at radius 3 is 2.61 bits per heavy atom. The standard InChI is InChI=1S/C27H34N6O4S/c1-38(35,36)33(14-4-6-19-5-2-7-20(17-19)26(28)29)21-9-10-24(23(18-21)27(30)34)37-22-11-15-32(16-12-22)25-8-3-13-31-25/h2,4-7,9-10,17-18,22H,3,8,11-16H2,1H3,(H3,28,29)(H2,30,34). The number of likely N-dealkylation sites (tertiary alicyclic amines) is 1. The summed E-state index contributed by atoms with van der Waals surface area (Å²) in [5.74, 6) is 0.785. The molecule has 1 fully saturated rings. The fourth-order valence-electron chi connectivity index (χ4n) is 4.69. The van der Waals surface area contributed by atoms with Gasteiger partial charge in [-0.25, -0.2) is 8.42 Å². The molecule has 38 heavy (non-hydrogen) atoms. The van der Waals surface area contributed by atoms with Crippen LogP contribution in [0, 0.1) is 5.41 Å². The maximum absolute atomic E-state index is 12.6. The molecule has 2 aliphatic heterocycles. The van der Waals surface area contributed by atoms with Gasteiger partial charge in [-0.3, -0.25) is 19.5 Å². The first kappa shape index (κ1) is 27.2. The van der Waals surface area contributed by atoms with E-state index in [-0.39, 0.29) is 24.0 Å². The second-order valence-electron chi connectivity index (χ2n) is 9.49. The number of ether oxygens (including phenoxy) is 1. The smallest absolute Gasteiger partial charge is 0.252 e. The van der Waals surface area contributed by atoms with Crippen LogP contribution in [0.2, 0.25) is 0 Å². The monoisotopic (exact) mass is 538 g/mol. The lowest BCUT2D eigenvalue weighted by Gasteiger charge is -2.34. The van der Waals surface area contributed by atoms with Gasteiger partial charge in [-0.2, -0.15) is 0 Å². The second kappa shape index (κ2) is 11.7. The fraction of sp³-hybridized carbons (Fsp3) is 0.370. The number of primary amides is 1. The molecule has 0 bridgehead atoms. The van der Waals surface area contributed by atoms with E-state index in [1.54, 1.807) is 42.5 Å². The zero-order chi connectivity index (χ0) is 27.3. The van der Waals surface area contributed by atoms with Gasteiger partial charge in [0.15, 0.2) is 0 Å². The molecule has 1 saturated heterocycles. The van der Waals surface area contributed by atoms with Crippen molar-refractivity contribution in [3.63, 3.8) is 0 Å². The zero-order valence-corrected chi connectivity index (χ0v) is 22.3. The van der Waals surface area contributed by atoms with E-state index >= 15 is 0 Å². The van der Waals surface area contributed by atoms with Gasteiger partial charge in [0.1, 0.15) is 17.7 Å². The Kier molecular flexibility index (Phi) is 8.35. The molecular formula is C27H34N6O4S. The highest BCUT2D eigenvalue weighted by Gasteiger charge is 2.26. The minimum absolute atomic E-state index is 0.0316. The number of anilines is 1. The molecule has 0 spiro atoms. The van der Waals surface area contributed by atoms with E-state index in [0.29, 0.717) is 17.0 Å². The van der Waals surface area contributed by atoms with Crippen molar-refractivity contribution in [1.82, 2.24) is 4.90 Å². The van der Waals surface area contributed by atoms with E-state index in [2.05, 4.69) is 9.89 Å². The molecule has 5 N–H and O–H groups in total. The molecule has 10 nitrogen and oxygen atoms in total. The summed E-state index contributed by atoms with van der Waals surface area (Å²) in [6.45, 7) is 2.62. The van der Waals surface area contributed by atoms with Gasteiger partial charge in [-0.05, 0) is 36.2 Å². The normalized spacial score (nSPS) is 16.4. The molecule has 202 valence electrons. The van der Waals surface area contributed by atoms with Crippen LogP contribution in [0.3, 0.4) is 0 Å². The number of hydrogen-bond acceptors (Lipinski definition) is 7. The number of nitrogens with one attached hydrogen (secondary N) is 1. The first-order valence-electron chi connectivity index (χ1n) is 12.6. The molecule has 2 aromatic carbocycles. The first-order valence-corrected chi connectivity index (χ1v) is 14.4. The van der Waals surface area contributed by atoms with Gasteiger partial charge in [0, 0.05) is 44.5 Å². The van der Waals surface area contributed by atoms with Gasteiger partial charge in [0.2, 0.25) is 10.0 Å². The average molecular weight is 539 g/mol. The number of carbonyl (C=O) groups is 1. The fourth-order valence-corrected chi connectivity index (χ4v) is 5.54. The van der Waals surface area contributed by atoms with Crippen molar-refractivity contribution >= 4 is 39.4 Å². The largest absolute Gasteiger partial charge is 0.489 e. The summed E-state index contributed by atoms with van der Waals surface area (Å²) in [6.07, 6.45) is 8.19. The van der Waals surface area contributed by atoms with Crippen molar-refractivity contribution in [2.24, 2.45) is 16.5 Å². The first-order chi connectivity index (χ1) is 18.1. The molecule has 0 unspecified atom stereocenters. The molecule has 11 heteroatoms. The van der Waals surface area contributed by atoms with Crippen LogP contribution >= 0.6 is 0 Å². The molecule has 1 amide bonds. The average Bonchev–Trinajstić information content (AvgIpc) is 3.42. The van der Waals surface area contributed by atoms with Crippen LogP contribution in [0.1, 0.15) is 47.2 Å². The molecule has 4 rings (SSSR count). The van der Waals surface area contributed by atoms with Gasteiger partial charge in [0.05, 0.1) is 29.9 Å². The number of aliphatic imine (C=N–C) groups is 1. The minimum Gasteiger partial charge on any atom is -0.489 e. The van der Waals surface area contributed by atoms with Crippen LogP contribution in [0.4, 0.5) is 5.69 Å². The summed E-state index contributed by atoms with van der Waals surface area (Å²) < 4.78 is 32.6. The maximum atomic E-state index is 12.6. The number of sulfonamides is 1. The van der Waals surface area contributed by atoms with Gasteiger partial charge in [0.25, 0.3) is 5.91 Å². The molecule has 0 atom stereocenters. The van der Waals surface area contributed by atoms with Gasteiger partial charge in [-0.15, -0.1) is 0 Å². The van der Waals surface area contributed by atoms with E-state index in [1.165, 1.54) is 16.2 Å². The quantitative estimate of drug-likeness (QED) is 0.329. The number of piperidine rings is 1. The van der Waals surface area contributed by atoms with E-state index in [1.807, 2.05) is 6.07 Å². The van der Waals surface area contributed by atoms with E-state index in [0.717, 1.165) is 57.1 Å². The lowest BCUT2D eigenvalue weighted by molar-refractivity contribution is 0.0982. The molecule has 2 aliphatic rings. The van der Waals surface area contributed by atoms with Crippen LogP contribution in [-0.4, -0.2) is 69.4 Å². The van der Waals surface area contributed by atoms with Crippen molar-refractivity contribution < 1.29 is 17.9 Å². The predicted molar refractivity (Wildman–Crippen MR) is 150 cm³/mol. The highest BCUT2D eigenvalue weighted by molar-refractivity contribution is 7.92. The van der Waals surface area contributed by atoms with Gasteiger partial charge in [-0.1, -0.05) is 30.4 Å². The minimum atomic E-state index is -3.67. The Morgan fingerprint density at radius 2 is 1.97 bits per heavy atom. The highest BCUT2D eigenvalue weighted by Crippen LogP contribution is 2.29. The van der Waals surface area contributed by atoms with Crippen molar-refractivity contribution in [3.05, 3.63) is 65.2 Å². The molecule has 2 aromatic rings. The van der Waals surface area contributed by atoms with Crippen molar-refractivity contribution in [1.29, 1.82) is 5.41 Å². The maximum Gasteiger partial charge on any atom is 0.252 e. The Balaban J connectivity index is 1.48. The van der Waals surface area contributed by atoms with Crippen molar-refractivity contribution in [2.45, 2.75) is 31.8 Å². The zero-order valence-electron chi connectivity index (χ0n) is 21.5. The summed E-state index contributed by atoms with van der Waals surface area (Å²) in [6, 6.07) is 11.8. The van der Waals surface area contributed by atoms with Crippen LogP contribution in [0.25, 0.3) is 6.08 Å². The number of nitrogens with two attached hydrogens (primary N) is 2. The Bertz CT molecular complexity index is 1360. The lowest BCUT2D eigenvalue weighted by atomic mass is 10.1. The molecule has 0 saturated carbocycles. The van der Waals surface area contributed by atoms with Crippen LogP contribution in [-0.2, 0) is 10.0 Å². The topological polar surface area (TPSA) is 155 Å². The predicted octanol–water partition coefficient (Wildman–Crippen LogP) is 2.58. The summed E-state index contributed by atoms with van der Waals surface area (Å²) >= 11 is 0. The van der Waals surface area contributed by atoms with Gasteiger partial charge >= 0.3 is 0 Å². The summed E-state index contributed by atoms with van der Waals surface area (Å²) in [4.78, 5) is 19.2.